The summed E-state index contributed by atoms with van der Waals surface area (Å²) in [5.41, 5.74) is -5.93. The topological polar surface area (TPSA) is 345 Å². The first-order chi connectivity index (χ1) is 46.6. The van der Waals surface area contributed by atoms with Gasteiger partial charge in [0.2, 0.25) is 0 Å². The largest absolute Gasteiger partial charge is 0.458 e. The molecule has 0 radical (unpaired) electrons. The predicted molar refractivity (Wildman–Crippen MR) is 344 cm³/mol. The molecule has 6 heterocycles. The highest BCUT2D eigenvalue weighted by Gasteiger charge is 2.81. The predicted octanol–water partition coefficient (Wildman–Crippen LogP) is 3.39. The van der Waals surface area contributed by atoms with E-state index in [4.69, 9.17) is 85.3 Å². The summed E-state index contributed by atoms with van der Waals surface area (Å²) in [4.78, 5) is 13.7. The van der Waals surface area contributed by atoms with E-state index in [2.05, 4.69) is 6.92 Å². The zero-order valence-corrected chi connectivity index (χ0v) is 58.9. The molecule has 1 aromatic carbocycles. The second kappa shape index (κ2) is 31.1. The third kappa shape index (κ3) is 14.4. The number of esters is 1. The number of aliphatic hydroxyl groups excluding tert-OH is 5. The van der Waals surface area contributed by atoms with Crippen LogP contribution in [0.5, 0.6) is 0 Å². The summed E-state index contributed by atoms with van der Waals surface area (Å²) in [6, 6.07) is 9.33. The summed E-state index contributed by atoms with van der Waals surface area (Å²) in [5, 5.41) is 90.7. The Morgan fingerprint density at radius 2 is 1.02 bits per heavy atom. The van der Waals surface area contributed by atoms with E-state index >= 15 is 0 Å². The van der Waals surface area contributed by atoms with Gasteiger partial charge in [-0.3, -0.25) is 0 Å². The van der Waals surface area contributed by atoms with E-state index in [0.717, 1.165) is 11.1 Å². The molecule has 0 aromatic heterocycles. The number of hydrogen-bond donors (Lipinski definition) is 8. The molecule has 11 rings (SSSR count). The van der Waals surface area contributed by atoms with Gasteiger partial charge in [-0.25, -0.2) is 4.79 Å². The van der Waals surface area contributed by atoms with Crippen molar-refractivity contribution in [1.82, 2.24) is 0 Å². The van der Waals surface area contributed by atoms with Gasteiger partial charge in [0.15, 0.2) is 37.7 Å². The summed E-state index contributed by atoms with van der Waals surface area (Å²) in [5.74, 6) is -1.23. The third-order valence-electron chi connectivity index (χ3n) is 24.1. The van der Waals surface area contributed by atoms with Crippen LogP contribution in [-0.2, 0) is 90.1 Å². The molecule has 556 valence electrons. The van der Waals surface area contributed by atoms with Crippen LogP contribution >= 0.6 is 0 Å². The molecule has 0 amide bonds. The highest BCUT2D eigenvalue weighted by atomic mass is 16.8. The number of carbonyl (C=O) groups excluding carboxylic acids is 1. The van der Waals surface area contributed by atoms with Gasteiger partial charge in [0.1, 0.15) is 77.8 Å². The molecule has 27 nitrogen and oxygen atoms in total. The van der Waals surface area contributed by atoms with Crippen LogP contribution in [0.2, 0.25) is 0 Å². The maximum absolute atomic E-state index is 13.7. The van der Waals surface area contributed by atoms with E-state index in [-0.39, 0.29) is 38.2 Å². The summed E-state index contributed by atoms with van der Waals surface area (Å²) in [7, 11) is 7.99. The van der Waals surface area contributed by atoms with Crippen molar-refractivity contribution in [3.63, 3.8) is 0 Å². The number of methoxy groups -OCH3 is 5. The van der Waals surface area contributed by atoms with Crippen molar-refractivity contribution < 1.29 is 131 Å². The minimum atomic E-state index is -1.93. The minimum Gasteiger partial charge on any atom is -0.458 e. The molecule has 0 bridgehead atoms. The molecule has 4 aliphatic carbocycles. The molecule has 27 heteroatoms. The Balaban J connectivity index is 0.655. The first kappa shape index (κ1) is 76.3. The molecule has 0 spiro atoms. The van der Waals surface area contributed by atoms with Crippen molar-refractivity contribution >= 4 is 12.0 Å². The van der Waals surface area contributed by atoms with Gasteiger partial charge >= 0.3 is 5.97 Å². The van der Waals surface area contributed by atoms with Gasteiger partial charge in [-0.2, -0.15) is 0 Å². The standard InChI is InChI=1S/C71H110O27/c1-35-61(44(81-9)28-53(86-35)91-43-22-23-67(7)42(27-43)21-24-70(79)50(67)33-51(93-52(74)20-19-41-17-15-14-16-18-41)68(8)69(78,40(6)73)25-26-71(68,70)80)94-54-29-45(82-10)62(36(2)87-54)95-55-30-46(83-11)63(37(3)88-55)96-56-31-47(84-12)64(38(4)89-56)97-57-32-48(85-13)65(39(5)90-57)98-66-60(77)59(76)58(75)49(34-72)92-66/h14-21,35-40,43-51,53-66,72-73,75-80H,22-34H2,1-13H3. The number of benzene rings is 1. The zero-order valence-electron chi connectivity index (χ0n) is 58.9. The number of hydrogen-bond acceptors (Lipinski definition) is 27. The fraction of sp³-hybridized carbons (Fsp3) is 0.845. The molecule has 98 heavy (non-hydrogen) atoms. The Morgan fingerprint density at radius 3 is 1.45 bits per heavy atom. The fourth-order valence-corrected chi connectivity index (χ4v) is 18.3. The fourth-order valence-electron chi connectivity index (χ4n) is 18.3. The van der Waals surface area contributed by atoms with Crippen LogP contribution in [0.15, 0.2) is 48.1 Å². The third-order valence-corrected chi connectivity index (χ3v) is 24.1. The lowest BCUT2D eigenvalue weighted by Gasteiger charge is -2.67. The molecule has 8 N–H and O–H groups in total. The Morgan fingerprint density at radius 1 is 0.582 bits per heavy atom. The molecule has 6 saturated heterocycles. The van der Waals surface area contributed by atoms with Gasteiger partial charge in [-0.05, 0) is 104 Å². The van der Waals surface area contributed by atoms with E-state index in [9.17, 15) is 45.6 Å². The molecule has 34 unspecified atom stereocenters. The van der Waals surface area contributed by atoms with E-state index in [1.807, 2.05) is 64.1 Å². The number of carbonyl (C=O) groups is 1. The van der Waals surface area contributed by atoms with Crippen LogP contribution in [0.4, 0.5) is 0 Å². The van der Waals surface area contributed by atoms with Gasteiger partial charge in [-0.1, -0.05) is 55.8 Å². The van der Waals surface area contributed by atoms with Gasteiger partial charge in [0, 0.05) is 79.6 Å². The van der Waals surface area contributed by atoms with Crippen molar-refractivity contribution in [3.05, 3.63) is 53.6 Å². The quantitative estimate of drug-likeness (QED) is 0.0468. The number of ether oxygens (including phenoxy) is 18. The monoisotopic (exact) mass is 1390 g/mol. The van der Waals surface area contributed by atoms with Crippen molar-refractivity contribution in [2.45, 2.75) is 321 Å². The Bertz CT molecular complexity index is 2840. The van der Waals surface area contributed by atoms with Crippen LogP contribution in [0.1, 0.15) is 138 Å². The van der Waals surface area contributed by atoms with Crippen molar-refractivity contribution in [1.29, 1.82) is 0 Å². The second-order valence-corrected chi connectivity index (χ2v) is 29.5. The second-order valence-electron chi connectivity index (χ2n) is 29.5. The normalized spacial score (nSPS) is 49.5. The van der Waals surface area contributed by atoms with E-state index in [1.54, 1.807) is 48.4 Å². The van der Waals surface area contributed by atoms with Crippen LogP contribution in [0.25, 0.3) is 6.08 Å². The maximum atomic E-state index is 13.7. The van der Waals surface area contributed by atoms with Crippen LogP contribution < -0.4 is 0 Å². The number of fused-ring (bicyclic) bond motifs is 5. The Hall–Kier alpha value is -2.83. The van der Waals surface area contributed by atoms with Crippen LogP contribution in [-0.4, -0.2) is 278 Å². The SMILES string of the molecule is COC1CC(OC2CCC3(C)C(=CCC4(O)C3CC(OC(=O)C=Cc3ccccc3)C3(C)C(O)(C(C)O)CCC43O)C2)OC(C)C1OC1CC(OC)C(OC2CC(OC)C(OC3CC(OC)C(OC4CC(OC)C(OC5OC(CO)C(O)C(O)C5O)C(C)O4)C(C)O3)C(C)O2)C(C)O1. The lowest BCUT2D eigenvalue weighted by molar-refractivity contribution is -0.360. The van der Waals surface area contributed by atoms with Gasteiger partial charge in [0.25, 0.3) is 0 Å². The lowest BCUT2D eigenvalue weighted by Crippen LogP contribution is -2.78. The summed E-state index contributed by atoms with van der Waals surface area (Å²) in [6.07, 6.45) is -13.1. The first-order valence-corrected chi connectivity index (χ1v) is 35.2. The van der Waals surface area contributed by atoms with Gasteiger partial charge in [-0.15, -0.1) is 0 Å². The summed E-state index contributed by atoms with van der Waals surface area (Å²) >= 11 is 0. The number of rotatable bonds is 22. The van der Waals surface area contributed by atoms with E-state index in [1.165, 1.54) is 20.1 Å². The molecular weight excluding hydrogens is 1280 g/mol. The molecule has 1 aromatic rings. The molecule has 9 fully saturated rings. The lowest BCUT2D eigenvalue weighted by atomic mass is 9.42. The summed E-state index contributed by atoms with van der Waals surface area (Å²) in [6.45, 7) is 14.0. The zero-order chi connectivity index (χ0) is 70.6. The number of aliphatic hydroxyl groups is 8. The van der Waals surface area contributed by atoms with Gasteiger partial charge in [0.05, 0.1) is 85.3 Å². The van der Waals surface area contributed by atoms with Crippen LogP contribution in [0.3, 0.4) is 0 Å². The first-order valence-electron chi connectivity index (χ1n) is 35.2. The average Bonchev–Trinajstić information content (AvgIpc) is 1.38. The van der Waals surface area contributed by atoms with E-state index in [0.29, 0.717) is 44.9 Å². The highest BCUT2D eigenvalue weighted by Crippen LogP contribution is 2.71. The van der Waals surface area contributed by atoms with Crippen molar-refractivity contribution in [2.75, 3.05) is 42.2 Å². The average molecular weight is 1400 g/mol. The maximum Gasteiger partial charge on any atom is 0.331 e. The highest BCUT2D eigenvalue weighted by molar-refractivity contribution is 5.87. The molecule has 3 saturated carbocycles. The Kier molecular flexibility index (Phi) is 24.2. The van der Waals surface area contributed by atoms with Crippen molar-refractivity contribution in [3.8, 4) is 0 Å². The van der Waals surface area contributed by atoms with Crippen molar-refractivity contribution in [2.24, 2.45) is 16.7 Å². The minimum absolute atomic E-state index is 0.00131. The smallest absolute Gasteiger partial charge is 0.331 e. The van der Waals surface area contributed by atoms with Gasteiger partial charge < -0.3 is 126 Å². The molecular formula is C71H110O27. The summed E-state index contributed by atoms with van der Waals surface area (Å²) < 4.78 is 114. The molecule has 6 aliphatic heterocycles. The van der Waals surface area contributed by atoms with Crippen LogP contribution in [0, 0.1) is 16.7 Å². The molecule has 10 aliphatic rings. The molecule has 34 atom stereocenters. The van der Waals surface area contributed by atoms with E-state index < -0.39 is 212 Å². The Labute approximate surface area is 574 Å².